The van der Waals surface area contributed by atoms with E-state index in [1.165, 1.54) is 0 Å². The summed E-state index contributed by atoms with van der Waals surface area (Å²) < 4.78 is 43.5. The Hall–Kier alpha value is -0.988. The van der Waals surface area contributed by atoms with Crippen LogP contribution in [0.15, 0.2) is 36.9 Å². The molecular formula is C20H27O6PSi2W. The van der Waals surface area contributed by atoms with Crippen LogP contribution in [0, 0.1) is 33.3 Å². The van der Waals surface area contributed by atoms with E-state index in [1.54, 1.807) is 0 Å². The summed E-state index contributed by atoms with van der Waals surface area (Å²) in [6.07, 6.45) is 0. The molecule has 0 saturated heterocycles. The van der Waals surface area contributed by atoms with Gasteiger partial charge in [0.1, 0.15) is 5.76 Å². The Morgan fingerprint density at radius 3 is 1.33 bits per heavy atom. The van der Waals surface area contributed by atoms with Crippen LogP contribution in [0.25, 0.3) is 5.76 Å². The standard InChI is InChI=1S/C15H27OPSi2.5CO.W/c1-13(14-11-9-8-10-12-14)16-17-15(18(2,3)4)19(5,6)7;5*1-2;/h8-12,15,17H,1H2,2-7H3;;;;;;. The molecule has 0 aliphatic rings. The van der Waals surface area contributed by atoms with Crippen LogP contribution in [-0.2, 0) is 48.8 Å². The summed E-state index contributed by atoms with van der Waals surface area (Å²) in [6, 6.07) is 10.2. The van der Waals surface area contributed by atoms with Crippen molar-refractivity contribution in [2.45, 2.75) is 44.2 Å². The first-order chi connectivity index (χ1) is 13.6. The molecular weight excluding hydrogens is 607 g/mol. The van der Waals surface area contributed by atoms with E-state index in [0.29, 0.717) is 8.81 Å². The van der Waals surface area contributed by atoms with Crippen LogP contribution in [0.3, 0.4) is 0 Å². The summed E-state index contributed by atoms with van der Waals surface area (Å²) in [5.74, 6) is 0.820. The third-order valence-electron chi connectivity index (χ3n) is 3.13. The SMILES string of the molecule is C=C(OPC([Si](C)(C)C)[Si](C)(C)C)c1ccccc1.[C-]#[O+].[C-]#[O+].[C-]#[O+].[C-]#[O+].[C-]#[O+].[W]. The van der Waals surface area contributed by atoms with Crippen LogP contribution >= 0.6 is 8.81 Å². The maximum atomic E-state index is 7.50. The van der Waals surface area contributed by atoms with Crippen LogP contribution in [0.2, 0.25) is 39.3 Å². The largest absolute Gasteiger partial charge is 0 e. The second-order valence-corrected chi connectivity index (χ2v) is 20.5. The van der Waals surface area contributed by atoms with Gasteiger partial charge in [-0.15, -0.1) is 0 Å². The third-order valence-corrected chi connectivity index (χ3v) is 18.3. The second kappa shape index (κ2) is 28.0. The Morgan fingerprint density at radius 1 is 0.767 bits per heavy atom. The molecule has 1 atom stereocenters. The fourth-order valence-corrected chi connectivity index (χ4v) is 16.4. The molecule has 0 bridgehead atoms. The molecule has 0 N–H and O–H groups in total. The van der Waals surface area contributed by atoms with Gasteiger partial charge >= 0.3 is 56.5 Å². The van der Waals surface area contributed by atoms with Gasteiger partial charge in [0.15, 0.2) is 0 Å². The van der Waals surface area contributed by atoms with E-state index in [4.69, 9.17) is 27.8 Å². The molecule has 1 rings (SSSR count). The molecule has 162 valence electrons. The van der Waals surface area contributed by atoms with Gasteiger partial charge in [0, 0.05) is 31.5 Å². The van der Waals surface area contributed by atoms with Crippen molar-refractivity contribution in [3.8, 4) is 0 Å². The van der Waals surface area contributed by atoms with E-state index in [9.17, 15) is 0 Å². The van der Waals surface area contributed by atoms with Crippen molar-refractivity contribution >= 4 is 30.7 Å². The van der Waals surface area contributed by atoms with Gasteiger partial charge in [-0.25, -0.2) is 0 Å². The molecule has 0 fully saturated rings. The van der Waals surface area contributed by atoms with Crippen molar-refractivity contribution in [1.82, 2.24) is 0 Å². The smallest absolute Gasteiger partial charge is 0 e. The topological polar surface area (TPSA) is 109 Å². The van der Waals surface area contributed by atoms with Crippen molar-refractivity contribution in [2.75, 3.05) is 0 Å². The Kier molecular flexibility index (Phi) is 40.1. The molecule has 1 unspecified atom stereocenters. The minimum atomic E-state index is -1.18. The van der Waals surface area contributed by atoms with Crippen molar-refractivity contribution in [3.63, 3.8) is 0 Å². The minimum Gasteiger partial charge on any atom is 0 e. The van der Waals surface area contributed by atoms with Crippen LogP contribution in [0.1, 0.15) is 5.56 Å². The molecule has 6 nitrogen and oxygen atoms in total. The first-order valence-corrected chi connectivity index (χ1v) is 15.9. The summed E-state index contributed by atoms with van der Waals surface area (Å²) in [7, 11) is -1.81. The maximum Gasteiger partial charge on any atom is 0 e. The molecule has 30 heavy (non-hydrogen) atoms. The average Bonchev–Trinajstić information content (AvgIpc) is 2.74. The first-order valence-electron chi connectivity index (χ1n) is 7.81. The predicted octanol–water partition coefficient (Wildman–Crippen LogP) is 5.20. The summed E-state index contributed by atoms with van der Waals surface area (Å²) in [6.45, 7) is 41.3. The monoisotopic (exact) mass is 634 g/mol. The van der Waals surface area contributed by atoms with Crippen LogP contribution in [-0.4, -0.2) is 21.1 Å². The van der Waals surface area contributed by atoms with E-state index in [-0.39, 0.29) is 21.1 Å². The number of hydrogen-bond acceptors (Lipinski definition) is 1. The zero-order valence-electron chi connectivity index (χ0n) is 18.0. The number of rotatable bonds is 6. The zero-order valence-corrected chi connectivity index (χ0v) is 24.0. The van der Waals surface area contributed by atoms with Crippen molar-refractivity contribution in [2.24, 2.45) is 0 Å². The average molecular weight is 634 g/mol. The quantitative estimate of drug-likeness (QED) is 0.139. The summed E-state index contributed by atoms with van der Waals surface area (Å²) in [4.78, 5) is 0.778. The molecule has 0 aromatic heterocycles. The van der Waals surface area contributed by atoms with Gasteiger partial charge in [-0.05, 0) is 0 Å². The molecule has 1 aromatic rings. The first kappa shape index (κ1) is 43.0. The van der Waals surface area contributed by atoms with Gasteiger partial charge in [0.05, 0.1) is 25.0 Å². The van der Waals surface area contributed by atoms with E-state index >= 15 is 0 Å². The molecule has 0 amide bonds. The Labute approximate surface area is 199 Å². The van der Waals surface area contributed by atoms with Crippen molar-refractivity contribution in [1.29, 1.82) is 0 Å². The van der Waals surface area contributed by atoms with Crippen LogP contribution < -0.4 is 0 Å². The van der Waals surface area contributed by atoms with E-state index in [1.807, 2.05) is 18.2 Å². The molecule has 0 heterocycles. The molecule has 10 heteroatoms. The van der Waals surface area contributed by atoms with E-state index in [2.05, 4.69) is 91.2 Å². The fourth-order valence-electron chi connectivity index (χ4n) is 2.47. The van der Waals surface area contributed by atoms with E-state index in [0.717, 1.165) is 16.2 Å². The molecule has 0 radical (unpaired) electrons. The van der Waals surface area contributed by atoms with Crippen LogP contribution in [0.4, 0.5) is 0 Å². The van der Waals surface area contributed by atoms with E-state index < -0.39 is 16.1 Å². The van der Waals surface area contributed by atoms with Gasteiger partial charge in [-0.3, -0.25) is 0 Å². The zero-order chi connectivity index (χ0) is 24.7. The van der Waals surface area contributed by atoms with Gasteiger partial charge in [-0.2, -0.15) is 0 Å². The van der Waals surface area contributed by atoms with Crippen molar-refractivity contribution < 1.29 is 48.8 Å². The summed E-state index contributed by atoms with van der Waals surface area (Å²) in [5, 5.41) is 0. The number of benzene rings is 1. The molecule has 1 aromatic carbocycles. The number of hydrogen-bond donors (Lipinski definition) is 0. The molecule has 0 aliphatic heterocycles. The molecule has 0 aliphatic carbocycles. The minimum absolute atomic E-state index is 0. The third kappa shape index (κ3) is 23.3. The second-order valence-electron chi connectivity index (χ2n) is 7.17. The van der Waals surface area contributed by atoms with Gasteiger partial charge < -0.3 is 4.52 Å². The normalized spacial score (nSPS) is 8.70. The summed E-state index contributed by atoms with van der Waals surface area (Å²) >= 11 is 0. The van der Waals surface area contributed by atoms with Crippen molar-refractivity contribution in [3.05, 3.63) is 75.7 Å². The molecule has 0 saturated carbocycles. The van der Waals surface area contributed by atoms with Gasteiger partial charge in [-0.1, -0.05) is 76.2 Å². The molecule has 0 spiro atoms. The summed E-state index contributed by atoms with van der Waals surface area (Å²) in [5.41, 5.74) is 1.10. The maximum absolute atomic E-state index is 7.50. The fraction of sp³-hybridized carbons (Fsp3) is 0.350. The van der Waals surface area contributed by atoms with Crippen LogP contribution in [0.5, 0.6) is 0 Å². The predicted molar refractivity (Wildman–Crippen MR) is 115 cm³/mol. The Balaban J connectivity index is -0.000000114. The van der Waals surface area contributed by atoms with Gasteiger partial charge in [0.2, 0.25) is 0 Å². The Morgan fingerprint density at radius 2 is 1.07 bits per heavy atom. The Bertz CT molecular complexity index is 580. The van der Waals surface area contributed by atoms with Gasteiger partial charge in [0.25, 0.3) is 0 Å².